The zero-order valence-electron chi connectivity index (χ0n) is 10.5. The Morgan fingerprint density at radius 2 is 2.24 bits per heavy atom. The van der Waals surface area contributed by atoms with Crippen molar-refractivity contribution in [3.8, 4) is 5.88 Å². The smallest absolute Gasteiger partial charge is 0.216 e. The van der Waals surface area contributed by atoms with Crippen LogP contribution in [0, 0.1) is 6.92 Å². The highest BCUT2D eigenvalue weighted by atomic mass is 16.5. The SMILES string of the molecule is Cc1cc(OCCNC(C)C)n2ncnc2c1. The van der Waals surface area contributed by atoms with Crippen LogP contribution < -0.4 is 10.1 Å². The van der Waals surface area contributed by atoms with E-state index in [9.17, 15) is 0 Å². The number of hydrogen-bond donors (Lipinski definition) is 1. The second-order valence-corrected chi connectivity index (χ2v) is 4.36. The molecule has 0 amide bonds. The second kappa shape index (κ2) is 5.14. The molecule has 0 radical (unpaired) electrons. The molecule has 0 atom stereocenters. The normalized spacial score (nSPS) is 11.3. The van der Waals surface area contributed by atoms with Crippen LogP contribution in [-0.2, 0) is 0 Å². The summed E-state index contributed by atoms with van der Waals surface area (Å²) in [5.74, 6) is 0.739. The van der Waals surface area contributed by atoms with Gasteiger partial charge in [-0.05, 0) is 18.6 Å². The number of hydrogen-bond acceptors (Lipinski definition) is 4. The molecule has 5 nitrogen and oxygen atoms in total. The number of rotatable bonds is 5. The van der Waals surface area contributed by atoms with Gasteiger partial charge in [0.05, 0.1) is 0 Å². The van der Waals surface area contributed by atoms with Crippen LogP contribution in [0.5, 0.6) is 5.88 Å². The van der Waals surface area contributed by atoms with E-state index in [1.165, 1.54) is 6.33 Å². The third-order valence-electron chi connectivity index (χ3n) is 2.40. The van der Waals surface area contributed by atoms with Gasteiger partial charge in [0.1, 0.15) is 12.9 Å². The monoisotopic (exact) mass is 234 g/mol. The number of aromatic nitrogens is 3. The van der Waals surface area contributed by atoms with Crippen molar-refractivity contribution in [2.24, 2.45) is 0 Å². The largest absolute Gasteiger partial charge is 0.476 e. The quantitative estimate of drug-likeness (QED) is 0.795. The standard InChI is InChI=1S/C12H18N4O/c1-9(2)13-4-5-17-12-7-10(3)6-11-14-8-15-16(11)12/h6-9,13H,4-5H2,1-3H3. The van der Waals surface area contributed by atoms with Crippen molar-refractivity contribution in [3.05, 3.63) is 24.0 Å². The Hall–Kier alpha value is -1.62. The van der Waals surface area contributed by atoms with Crippen molar-refractivity contribution in [2.75, 3.05) is 13.2 Å². The molecule has 0 unspecified atom stereocenters. The number of nitrogens with one attached hydrogen (secondary N) is 1. The maximum Gasteiger partial charge on any atom is 0.216 e. The highest BCUT2D eigenvalue weighted by Gasteiger charge is 2.04. The fourth-order valence-electron chi connectivity index (χ4n) is 1.63. The predicted octanol–water partition coefficient (Wildman–Crippen LogP) is 1.41. The molecule has 0 aliphatic heterocycles. The molecule has 2 aromatic heterocycles. The van der Waals surface area contributed by atoms with Crippen LogP contribution in [0.15, 0.2) is 18.5 Å². The van der Waals surface area contributed by atoms with Crippen molar-refractivity contribution in [2.45, 2.75) is 26.8 Å². The molecule has 0 saturated carbocycles. The molecule has 5 heteroatoms. The van der Waals surface area contributed by atoms with Gasteiger partial charge in [0, 0.05) is 18.7 Å². The van der Waals surface area contributed by atoms with E-state index in [2.05, 4.69) is 29.2 Å². The van der Waals surface area contributed by atoms with Crippen LogP contribution in [0.2, 0.25) is 0 Å². The average molecular weight is 234 g/mol. The summed E-state index contributed by atoms with van der Waals surface area (Å²) in [4.78, 5) is 4.15. The van der Waals surface area contributed by atoms with Crippen LogP contribution in [0.4, 0.5) is 0 Å². The van der Waals surface area contributed by atoms with Crippen molar-refractivity contribution in [1.82, 2.24) is 19.9 Å². The van der Waals surface area contributed by atoms with Gasteiger partial charge in [0.15, 0.2) is 5.65 Å². The number of fused-ring (bicyclic) bond motifs is 1. The predicted molar refractivity (Wildman–Crippen MR) is 66.4 cm³/mol. The zero-order valence-corrected chi connectivity index (χ0v) is 10.5. The topological polar surface area (TPSA) is 51.5 Å². The molecule has 92 valence electrons. The third kappa shape index (κ3) is 2.94. The highest BCUT2D eigenvalue weighted by Crippen LogP contribution is 2.15. The lowest BCUT2D eigenvalue weighted by Gasteiger charge is -2.10. The van der Waals surface area contributed by atoms with E-state index < -0.39 is 0 Å². The van der Waals surface area contributed by atoms with E-state index in [0.29, 0.717) is 12.6 Å². The van der Waals surface area contributed by atoms with Gasteiger partial charge in [0.2, 0.25) is 5.88 Å². The molecule has 0 aliphatic carbocycles. The Balaban J connectivity index is 2.04. The van der Waals surface area contributed by atoms with Gasteiger partial charge in [-0.15, -0.1) is 0 Å². The van der Waals surface area contributed by atoms with E-state index in [4.69, 9.17) is 4.74 Å². The maximum atomic E-state index is 5.71. The molecule has 0 spiro atoms. The fraction of sp³-hybridized carbons (Fsp3) is 0.500. The summed E-state index contributed by atoms with van der Waals surface area (Å²) < 4.78 is 7.42. The number of aryl methyl sites for hydroxylation is 1. The molecule has 2 aromatic rings. The van der Waals surface area contributed by atoms with Gasteiger partial charge in [0.25, 0.3) is 0 Å². The van der Waals surface area contributed by atoms with Gasteiger partial charge in [-0.1, -0.05) is 13.8 Å². The molecule has 2 rings (SSSR count). The molecule has 2 heterocycles. The summed E-state index contributed by atoms with van der Waals surface area (Å²) in [7, 11) is 0. The molecule has 0 fully saturated rings. The van der Waals surface area contributed by atoms with Crippen molar-refractivity contribution in [1.29, 1.82) is 0 Å². The first kappa shape index (κ1) is 11.9. The Bertz CT molecular complexity index is 492. The Morgan fingerprint density at radius 1 is 1.41 bits per heavy atom. The van der Waals surface area contributed by atoms with Gasteiger partial charge in [-0.3, -0.25) is 0 Å². The van der Waals surface area contributed by atoms with Crippen molar-refractivity contribution < 1.29 is 4.74 Å². The summed E-state index contributed by atoms with van der Waals surface area (Å²) in [6.07, 6.45) is 1.54. The third-order valence-corrected chi connectivity index (χ3v) is 2.40. The van der Waals surface area contributed by atoms with E-state index in [1.807, 2.05) is 19.1 Å². The van der Waals surface area contributed by atoms with Gasteiger partial charge < -0.3 is 10.1 Å². The Kier molecular flexibility index (Phi) is 3.58. The Labute approximate surface area is 101 Å². The van der Waals surface area contributed by atoms with E-state index in [-0.39, 0.29) is 0 Å². The van der Waals surface area contributed by atoms with E-state index in [0.717, 1.165) is 23.6 Å². The van der Waals surface area contributed by atoms with Crippen molar-refractivity contribution >= 4 is 5.65 Å². The average Bonchev–Trinajstić information content (AvgIpc) is 2.71. The van der Waals surface area contributed by atoms with Crippen molar-refractivity contribution in [3.63, 3.8) is 0 Å². The second-order valence-electron chi connectivity index (χ2n) is 4.36. The summed E-state index contributed by atoms with van der Waals surface area (Å²) in [6, 6.07) is 4.42. The highest BCUT2D eigenvalue weighted by molar-refractivity contribution is 5.43. The first-order valence-corrected chi connectivity index (χ1v) is 5.83. The maximum absolute atomic E-state index is 5.71. The fourth-order valence-corrected chi connectivity index (χ4v) is 1.63. The van der Waals surface area contributed by atoms with Crippen LogP contribution in [0.1, 0.15) is 19.4 Å². The van der Waals surface area contributed by atoms with Crippen LogP contribution in [-0.4, -0.2) is 33.8 Å². The minimum Gasteiger partial charge on any atom is -0.476 e. The van der Waals surface area contributed by atoms with Gasteiger partial charge in [-0.2, -0.15) is 9.61 Å². The van der Waals surface area contributed by atoms with E-state index in [1.54, 1.807) is 4.52 Å². The zero-order chi connectivity index (χ0) is 12.3. The molecular formula is C12H18N4O. The lowest BCUT2D eigenvalue weighted by molar-refractivity contribution is 0.290. The summed E-state index contributed by atoms with van der Waals surface area (Å²) in [6.45, 7) is 7.69. The molecule has 17 heavy (non-hydrogen) atoms. The molecule has 0 saturated heterocycles. The summed E-state index contributed by atoms with van der Waals surface area (Å²) >= 11 is 0. The lowest BCUT2D eigenvalue weighted by atomic mass is 10.3. The molecule has 0 aromatic carbocycles. The Morgan fingerprint density at radius 3 is 3.00 bits per heavy atom. The molecular weight excluding hydrogens is 216 g/mol. The first-order valence-electron chi connectivity index (χ1n) is 5.83. The van der Waals surface area contributed by atoms with Crippen LogP contribution in [0.25, 0.3) is 5.65 Å². The molecule has 0 bridgehead atoms. The lowest BCUT2D eigenvalue weighted by Crippen LogP contribution is -2.27. The number of ether oxygens (including phenoxy) is 1. The van der Waals surface area contributed by atoms with Crippen LogP contribution >= 0.6 is 0 Å². The summed E-state index contributed by atoms with van der Waals surface area (Å²) in [5.41, 5.74) is 1.94. The van der Waals surface area contributed by atoms with Gasteiger partial charge >= 0.3 is 0 Å². The van der Waals surface area contributed by atoms with E-state index >= 15 is 0 Å². The number of nitrogens with zero attached hydrogens (tertiary/aromatic N) is 3. The van der Waals surface area contributed by atoms with Gasteiger partial charge in [-0.25, -0.2) is 4.98 Å². The first-order chi connectivity index (χ1) is 8.16. The minimum absolute atomic E-state index is 0.475. The summed E-state index contributed by atoms with van der Waals surface area (Å²) in [5, 5.41) is 7.44. The molecule has 1 N–H and O–H groups in total. The minimum atomic E-state index is 0.475. The van der Waals surface area contributed by atoms with Crippen LogP contribution in [0.3, 0.4) is 0 Å². The molecule has 0 aliphatic rings. The number of pyridine rings is 1.